The van der Waals surface area contributed by atoms with E-state index in [-0.39, 0.29) is 5.41 Å². The van der Waals surface area contributed by atoms with Crippen molar-refractivity contribution in [1.82, 2.24) is 9.88 Å². The fourth-order valence-electron chi connectivity index (χ4n) is 2.51. The van der Waals surface area contributed by atoms with Crippen LogP contribution in [0.3, 0.4) is 0 Å². The number of hydrogen-bond donors (Lipinski definition) is 1. The third-order valence-electron chi connectivity index (χ3n) is 3.87. The molecule has 0 radical (unpaired) electrons. The van der Waals surface area contributed by atoms with Gasteiger partial charge in [-0.15, -0.1) is 0 Å². The van der Waals surface area contributed by atoms with Crippen LogP contribution in [-0.2, 0) is 5.41 Å². The molecule has 2 rings (SSSR count). The zero-order chi connectivity index (χ0) is 14.0. The SMILES string of the molecule is CN1CCN(c2ccc(C(C)(C)C)cn2)C(CN)C1. The molecule has 2 N–H and O–H groups in total. The fraction of sp³-hybridized carbons (Fsp3) is 0.667. The number of pyridine rings is 1. The lowest BCUT2D eigenvalue weighted by Gasteiger charge is -2.40. The Morgan fingerprint density at radius 1 is 1.32 bits per heavy atom. The minimum absolute atomic E-state index is 0.154. The van der Waals surface area contributed by atoms with Crippen molar-refractivity contribution in [3.8, 4) is 0 Å². The molecule has 1 aliphatic heterocycles. The van der Waals surface area contributed by atoms with Crippen LogP contribution >= 0.6 is 0 Å². The Hall–Kier alpha value is -1.13. The van der Waals surface area contributed by atoms with E-state index in [9.17, 15) is 0 Å². The summed E-state index contributed by atoms with van der Waals surface area (Å²) in [7, 11) is 2.15. The lowest BCUT2D eigenvalue weighted by atomic mass is 9.88. The van der Waals surface area contributed by atoms with Gasteiger partial charge in [-0.3, -0.25) is 0 Å². The topological polar surface area (TPSA) is 45.4 Å². The van der Waals surface area contributed by atoms with Gasteiger partial charge in [-0.1, -0.05) is 26.8 Å². The monoisotopic (exact) mass is 262 g/mol. The molecule has 1 saturated heterocycles. The van der Waals surface area contributed by atoms with E-state index in [4.69, 9.17) is 5.73 Å². The molecule has 4 nitrogen and oxygen atoms in total. The Bertz CT molecular complexity index is 407. The average Bonchev–Trinajstić information content (AvgIpc) is 2.37. The lowest BCUT2D eigenvalue weighted by Crippen LogP contribution is -2.55. The smallest absolute Gasteiger partial charge is 0.128 e. The first kappa shape index (κ1) is 14.3. The van der Waals surface area contributed by atoms with E-state index in [2.05, 4.69) is 54.7 Å². The molecular formula is C15H26N4. The zero-order valence-corrected chi connectivity index (χ0v) is 12.6. The van der Waals surface area contributed by atoms with E-state index in [0.29, 0.717) is 12.6 Å². The first-order valence-corrected chi connectivity index (χ1v) is 7.03. The predicted octanol–water partition coefficient (Wildman–Crippen LogP) is 1.46. The number of likely N-dealkylation sites (N-methyl/N-ethyl adjacent to an activating group) is 1. The van der Waals surface area contributed by atoms with Crippen molar-refractivity contribution >= 4 is 5.82 Å². The van der Waals surface area contributed by atoms with E-state index in [1.807, 2.05) is 6.20 Å². The van der Waals surface area contributed by atoms with Gasteiger partial charge in [0, 0.05) is 32.4 Å². The van der Waals surface area contributed by atoms with Crippen molar-refractivity contribution in [2.24, 2.45) is 5.73 Å². The standard InChI is InChI=1S/C15H26N4/c1-15(2,3)12-5-6-14(17-10-12)19-8-7-18(4)11-13(19)9-16/h5-6,10,13H,7-9,11,16H2,1-4H3. The summed E-state index contributed by atoms with van der Waals surface area (Å²) >= 11 is 0. The molecule has 0 spiro atoms. The highest BCUT2D eigenvalue weighted by molar-refractivity contribution is 5.42. The minimum atomic E-state index is 0.154. The number of aromatic nitrogens is 1. The quantitative estimate of drug-likeness (QED) is 0.876. The van der Waals surface area contributed by atoms with Crippen LogP contribution in [-0.4, -0.2) is 49.2 Å². The maximum Gasteiger partial charge on any atom is 0.128 e. The van der Waals surface area contributed by atoms with Gasteiger partial charge in [-0.05, 0) is 24.1 Å². The summed E-state index contributed by atoms with van der Waals surface area (Å²) in [5, 5.41) is 0. The first-order chi connectivity index (χ1) is 8.91. The lowest BCUT2D eigenvalue weighted by molar-refractivity contribution is 0.269. The molecule has 19 heavy (non-hydrogen) atoms. The van der Waals surface area contributed by atoms with E-state index >= 15 is 0 Å². The maximum atomic E-state index is 5.90. The Labute approximate surface area is 116 Å². The fourth-order valence-corrected chi connectivity index (χ4v) is 2.51. The van der Waals surface area contributed by atoms with Crippen LogP contribution in [0.15, 0.2) is 18.3 Å². The van der Waals surface area contributed by atoms with Gasteiger partial charge in [-0.2, -0.15) is 0 Å². The van der Waals surface area contributed by atoms with Crippen molar-refractivity contribution in [1.29, 1.82) is 0 Å². The molecule has 0 bridgehead atoms. The molecular weight excluding hydrogens is 236 g/mol. The highest BCUT2D eigenvalue weighted by Gasteiger charge is 2.25. The molecule has 1 aliphatic rings. The van der Waals surface area contributed by atoms with Crippen molar-refractivity contribution in [2.45, 2.75) is 32.2 Å². The Kier molecular flexibility index (Phi) is 4.11. The van der Waals surface area contributed by atoms with Crippen LogP contribution in [0.4, 0.5) is 5.82 Å². The number of hydrogen-bond acceptors (Lipinski definition) is 4. The van der Waals surface area contributed by atoms with Crippen molar-refractivity contribution in [3.63, 3.8) is 0 Å². The molecule has 106 valence electrons. The summed E-state index contributed by atoms with van der Waals surface area (Å²) in [6.07, 6.45) is 2.00. The van der Waals surface area contributed by atoms with Crippen LogP contribution in [0.5, 0.6) is 0 Å². The molecule has 1 unspecified atom stereocenters. The summed E-state index contributed by atoms with van der Waals surface area (Å²) in [5.74, 6) is 1.05. The second-order valence-corrected chi connectivity index (χ2v) is 6.50. The van der Waals surface area contributed by atoms with Gasteiger partial charge in [0.2, 0.25) is 0 Å². The number of nitrogens with zero attached hydrogens (tertiary/aromatic N) is 3. The summed E-state index contributed by atoms with van der Waals surface area (Å²) in [6, 6.07) is 4.69. The second-order valence-electron chi connectivity index (χ2n) is 6.50. The van der Waals surface area contributed by atoms with Crippen molar-refractivity contribution < 1.29 is 0 Å². The minimum Gasteiger partial charge on any atom is -0.350 e. The molecule has 0 aliphatic carbocycles. The summed E-state index contributed by atoms with van der Waals surface area (Å²) in [5.41, 5.74) is 7.32. The molecule has 1 atom stereocenters. The van der Waals surface area contributed by atoms with Crippen LogP contribution < -0.4 is 10.6 Å². The number of anilines is 1. The summed E-state index contributed by atoms with van der Waals surface area (Å²) in [6.45, 7) is 10.4. The number of nitrogens with two attached hydrogens (primary N) is 1. The number of piperazine rings is 1. The van der Waals surface area contributed by atoms with Gasteiger partial charge >= 0.3 is 0 Å². The van der Waals surface area contributed by atoms with Crippen LogP contribution in [0.25, 0.3) is 0 Å². The zero-order valence-electron chi connectivity index (χ0n) is 12.6. The van der Waals surface area contributed by atoms with Crippen molar-refractivity contribution in [3.05, 3.63) is 23.9 Å². The summed E-state index contributed by atoms with van der Waals surface area (Å²) < 4.78 is 0. The maximum absolute atomic E-state index is 5.90. The Morgan fingerprint density at radius 2 is 2.05 bits per heavy atom. The van der Waals surface area contributed by atoms with E-state index < -0.39 is 0 Å². The predicted molar refractivity (Wildman–Crippen MR) is 80.6 cm³/mol. The molecule has 4 heteroatoms. The molecule has 0 aromatic carbocycles. The van der Waals surface area contributed by atoms with Gasteiger partial charge in [0.1, 0.15) is 5.82 Å². The van der Waals surface area contributed by atoms with Crippen molar-refractivity contribution in [2.75, 3.05) is 38.1 Å². The van der Waals surface area contributed by atoms with Gasteiger partial charge in [0.05, 0.1) is 6.04 Å². The van der Waals surface area contributed by atoms with E-state index in [1.54, 1.807) is 0 Å². The van der Waals surface area contributed by atoms with Gasteiger partial charge in [0.15, 0.2) is 0 Å². The number of rotatable bonds is 2. The Balaban J connectivity index is 2.17. The van der Waals surface area contributed by atoms with Gasteiger partial charge in [0.25, 0.3) is 0 Å². The largest absolute Gasteiger partial charge is 0.350 e. The van der Waals surface area contributed by atoms with Crippen LogP contribution in [0.2, 0.25) is 0 Å². The highest BCUT2D eigenvalue weighted by Crippen LogP contribution is 2.24. The first-order valence-electron chi connectivity index (χ1n) is 7.03. The van der Waals surface area contributed by atoms with Gasteiger partial charge < -0.3 is 15.5 Å². The third kappa shape index (κ3) is 3.25. The van der Waals surface area contributed by atoms with Crippen LogP contribution in [0.1, 0.15) is 26.3 Å². The average molecular weight is 262 g/mol. The second kappa shape index (κ2) is 5.47. The highest BCUT2D eigenvalue weighted by atomic mass is 15.3. The molecule has 0 amide bonds. The van der Waals surface area contributed by atoms with Gasteiger partial charge in [-0.25, -0.2) is 4.98 Å². The van der Waals surface area contributed by atoms with E-state index in [1.165, 1.54) is 5.56 Å². The normalized spacial score (nSPS) is 21.7. The molecule has 1 aromatic heterocycles. The third-order valence-corrected chi connectivity index (χ3v) is 3.87. The molecule has 2 heterocycles. The van der Waals surface area contributed by atoms with Crippen LogP contribution in [0, 0.1) is 0 Å². The Morgan fingerprint density at radius 3 is 2.58 bits per heavy atom. The van der Waals surface area contributed by atoms with E-state index in [0.717, 1.165) is 25.5 Å². The molecule has 1 aromatic rings. The molecule has 1 fully saturated rings. The summed E-state index contributed by atoms with van der Waals surface area (Å²) in [4.78, 5) is 9.31. The molecule has 0 saturated carbocycles.